The lowest BCUT2D eigenvalue weighted by atomic mass is 9.92. The smallest absolute Gasteiger partial charge is 0.160 e. The molecule has 0 atom stereocenters. The SMILES string of the molecule is c1ccc(-c2ccc(-c3cc(-c4cccc(-c5cncc6ccccc56)c4)nc(-c4cccc(-c5ccc6c7ccccc7c7ccccc7c6c5)c4)n3)cc2)cc1. The Kier molecular flexibility index (Phi) is 8.15. The van der Waals surface area contributed by atoms with Crippen molar-refractivity contribution >= 4 is 43.1 Å². The maximum atomic E-state index is 5.29. The molecule has 0 saturated carbocycles. The number of nitrogens with zero attached hydrogens (tertiary/aromatic N) is 3. The predicted molar refractivity (Wildman–Crippen MR) is 242 cm³/mol. The van der Waals surface area contributed by atoms with Crippen molar-refractivity contribution in [1.29, 1.82) is 0 Å². The van der Waals surface area contributed by atoms with Gasteiger partial charge in [-0.1, -0.05) is 176 Å². The first-order chi connectivity index (χ1) is 28.7. The molecule has 0 fully saturated rings. The Hall–Kier alpha value is -7.75. The highest BCUT2D eigenvalue weighted by Gasteiger charge is 2.15. The molecule has 0 bridgehead atoms. The average Bonchev–Trinajstić information content (AvgIpc) is 3.31. The molecule has 0 spiro atoms. The van der Waals surface area contributed by atoms with Gasteiger partial charge in [0, 0.05) is 40.0 Å². The average molecular weight is 738 g/mol. The first-order valence-corrected chi connectivity index (χ1v) is 19.7. The van der Waals surface area contributed by atoms with Gasteiger partial charge in [-0.15, -0.1) is 0 Å². The summed E-state index contributed by atoms with van der Waals surface area (Å²) < 4.78 is 0. The predicted octanol–water partition coefficient (Wildman–Crippen LogP) is 14.5. The van der Waals surface area contributed by atoms with Crippen LogP contribution < -0.4 is 0 Å². The third-order valence-electron chi connectivity index (χ3n) is 11.3. The molecule has 11 aromatic rings. The molecule has 0 aliphatic rings. The van der Waals surface area contributed by atoms with Gasteiger partial charge >= 0.3 is 0 Å². The van der Waals surface area contributed by atoms with E-state index < -0.39 is 0 Å². The maximum Gasteiger partial charge on any atom is 0.160 e. The van der Waals surface area contributed by atoms with Crippen molar-refractivity contribution in [2.45, 2.75) is 0 Å². The number of aromatic nitrogens is 3. The van der Waals surface area contributed by atoms with Gasteiger partial charge in [0.2, 0.25) is 0 Å². The van der Waals surface area contributed by atoms with E-state index in [2.05, 4.69) is 199 Å². The van der Waals surface area contributed by atoms with Crippen molar-refractivity contribution < 1.29 is 0 Å². The molecular weight excluding hydrogens is 703 g/mol. The minimum absolute atomic E-state index is 0.677. The molecule has 3 heteroatoms. The topological polar surface area (TPSA) is 38.7 Å². The van der Waals surface area contributed by atoms with E-state index >= 15 is 0 Å². The second kappa shape index (κ2) is 14.1. The van der Waals surface area contributed by atoms with Gasteiger partial charge in [-0.25, -0.2) is 9.97 Å². The van der Waals surface area contributed by atoms with Crippen LogP contribution in [0.25, 0.3) is 110 Å². The summed E-state index contributed by atoms with van der Waals surface area (Å²) in [6.45, 7) is 0. The highest BCUT2D eigenvalue weighted by atomic mass is 14.9. The van der Waals surface area contributed by atoms with Gasteiger partial charge in [-0.3, -0.25) is 4.98 Å². The molecule has 11 rings (SSSR count). The first kappa shape index (κ1) is 33.6. The van der Waals surface area contributed by atoms with Crippen LogP contribution in [0.15, 0.2) is 213 Å². The van der Waals surface area contributed by atoms with Crippen LogP contribution in [0, 0.1) is 0 Å². The summed E-state index contributed by atoms with van der Waals surface area (Å²) in [5.41, 5.74) is 11.5. The van der Waals surface area contributed by atoms with Gasteiger partial charge in [0.1, 0.15) is 0 Å². The minimum atomic E-state index is 0.677. The highest BCUT2D eigenvalue weighted by molar-refractivity contribution is 6.25. The number of hydrogen-bond donors (Lipinski definition) is 0. The normalized spacial score (nSPS) is 11.4. The second-order valence-corrected chi connectivity index (χ2v) is 14.8. The summed E-state index contributed by atoms with van der Waals surface area (Å²) in [4.78, 5) is 15.1. The fourth-order valence-corrected chi connectivity index (χ4v) is 8.45. The van der Waals surface area contributed by atoms with Gasteiger partial charge in [0.15, 0.2) is 5.82 Å². The summed E-state index contributed by atoms with van der Waals surface area (Å²) in [5, 5.41) is 9.87. The molecule has 9 aromatic carbocycles. The minimum Gasteiger partial charge on any atom is -0.263 e. The van der Waals surface area contributed by atoms with Crippen LogP contribution in [0.3, 0.4) is 0 Å². The molecule has 270 valence electrons. The van der Waals surface area contributed by atoms with E-state index in [9.17, 15) is 0 Å². The number of hydrogen-bond acceptors (Lipinski definition) is 3. The molecule has 0 amide bonds. The lowest BCUT2D eigenvalue weighted by molar-refractivity contribution is 1.18. The molecule has 3 nitrogen and oxygen atoms in total. The largest absolute Gasteiger partial charge is 0.263 e. The van der Waals surface area contributed by atoms with Crippen LogP contribution in [0.2, 0.25) is 0 Å². The van der Waals surface area contributed by atoms with Gasteiger partial charge in [0.25, 0.3) is 0 Å². The van der Waals surface area contributed by atoms with Gasteiger partial charge in [-0.2, -0.15) is 0 Å². The zero-order valence-corrected chi connectivity index (χ0v) is 31.5. The zero-order valence-electron chi connectivity index (χ0n) is 31.5. The van der Waals surface area contributed by atoms with Crippen molar-refractivity contribution in [3.63, 3.8) is 0 Å². The Morgan fingerprint density at radius 3 is 1.48 bits per heavy atom. The molecule has 0 unspecified atom stereocenters. The molecule has 0 N–H and O–H groups in total. The number of rotatable bonds is 6. The fourth-order valence-electron chi connectivity index (χ4n) is 8.45. The van der Waals surface area contributed by atoms with Gasteiger partial charge in [-0.05, 0) is 89.8 Å². The van der Waals surface area contributed by atoms with Crippen molar-refractivity contribution in [1.82, 2.24) is 15.0 Å². The van der Waals surface area contributed by atoms with Gasteiger partial charge in [0.05, 0.1) is 11.4 Å². The summed E-state index contributed by atoms with van der Waals surface area (Å²) in [5.74, 6) is 0.677. The lowest BCUT2D eigenvalue weighted by Gasteiger charge is -2.13. The second-order valence-electron chi connectivity index (χ2n) is 14.8. The third-order valence-corrected chi connectivity index (χ3v) is 11.3. The molecule has 2 heterocycles. The van der Waals surface area contributed by atoms with E-state index in [4.69, 9.17) is 9.97 Å². The van der Waals surface area contributed by atoms with Crippen LogP contribution in [0.1, 0.15) is 0 Å². The summed E-state index contributed by atoms with van der Waals surface area (Å²) in [6.07, 6.45) is 3.88. The van der Waals surface area contributed by atoms with Crippen molar-refractivity contribution in [2.24, 2.45) is 0 Å². The van der Waals surface area contributed by atoms with E-state index in [-0.39, 0.29) is 0 Å². The van der Waals surface area contributed by atoms with E-state index in [0.717, 1.165) is 55.7 Å². The Balaban J connectivity index is 1.05. The Bertz CT molecular complexity index is 3290. The molecule has 2 aromatic heterocycles. The van der Waals surface area contributed by atoms with Crippen LogP contribution in [-0.2, 0) is 0 Å². The Labute approximate surface area is 336 Å². The van der Waals surface area contributed by atoms with Gasteiger partial charge < -0.3 is 0 Å². The van der Waals surface area contributed by atoms with E-state index in [1.54, 1.807) is 0 Å². The number of pyridine rings is 1. The number of fused-ring (bicyclic) bond motifs is 7. The van der Waals surface area contributed by atoms with Crippen LogP contribution in [0.5, 0.6) is 0 Å². The first-order valence-electron chi connectivity index (χ1n) is 19.7. The molecule has 58 heavy (non-hydrogen) atoms. The maximum absolute atomic E-state index is 5.29. The quantitative estimate of drug-likeness (QED) is 0.160. The van der Waals surface area contributed by atoms with E-state index in [0.29, 0.717) is 5.82 Å². The molecule has 0 radical (unpaired) electrons. The summed E-state index contributed by atoms with van der Waals surface area (Å²) in [7, 11) is 0. The zero-order chi connectivity index (χ0) is 38.4. The standard InChI is InChI=1S/C55H35N3/c1-2-12-36(13-3-1)37-24-26-38(27-25-37)53-33-54(42-17-11-16-41(31-42)52-35-56-34-44-14-4-5-19-45(44)52)58-55(57-53)43-18-10-15-39(30-43)40-28-29-50-48-22-7-6-20-46(48)47-21-8-9-23-49(47)51(50)32-40/h1-35H. The molecular formula is C55H35N3. The molecule has 0 saturated heterocycles. The lowest BCUT2D eigenvalue weighted by Crippen LogP contribution is -1.96. The van der Waals surface area contributed by atoms with E-state index in [1.807, 2.05) is 18.5 Å². The number of benzene rings is 9. The van der Waals surface area contributed by atoms with Crippen molar-refractivity contribution in [3.8, 4) is 67.3 Å². The third kappa shape index (κ3) is 5.98. The van der Waals surface area contributed by atoms with Crippen LogP contribution in [0.4, 0.5) is 0 Å². The monoisotopic (exact) mass is 737 g/mol. The Morgan fingerprint density at radius 1 is 0.259 bits per heavy atom. The van der Waals surface area contributed by atoms with Crippen LogP contribution >= 0.6 is 0 Å². The Morgan fingerprint density at radius 2 is 0.741 bits per heavy atom. The fraction of sp³-hybridized carbons (Fsp3) is 0. The van der Waals surface area contributed by atoms with Crippen LogP contribution in [-0.4, -0.2) is 15.0 Å². The molecule has 0 aliphatic carbocycles. The van der Waals surface area contributed by atoms with Crippen molar-refractivity contribution in [3.05, 3.63) is 213 Å². The molecule has 0 aliphatic heterocycles. The summed E-state index contributed by atoms with van der Waals surface area (Å²) in [6, 6.07) is 71.2. The van der Waals surface area contributed by atoms with E-state index in [1.165, 1.54) is 48.8 Å². The van der Waals surface area contributed by atoms with Crippen molar-refractivity contribution in [2.75, 3.05) is 0 Å². The summed E-state index contributed by atoms with van der Waals surface area (Å²) >= 11 is 0. The highest BCUT2D eigenvalue weighted by Crippen LogP contribution is 2.38.